The van der Waals surface area contributed by atoms with Gasteiger partial charge < -0.3 is 5.32 Å². The molecule has 2 aromatic rings. The Morgan fingerprint density at radius 3 is 2.61 bits per heavy atom. The van der Waals surface area contributed by atoms with Crippen molar-refractivity contribution in [1.29, 1.82) is 0 Å². The zero-order valence-corrected chi connectivity index (χ0v) is 10.1. The van der Waals surface area contributed by atoms with Crippen LogP contribution in [-0.2, 0) is 0 Å². The number of nitrogens with zero attached hydrogens (tertiary/aromatic N) is 2. The number of rotatable bonds is 4. The fraction of sp³-hybridized carbons (Fsp3) is 0.154. The van der Waals surface area contributed by atoms with Gasteiger partial charge in [-0.05, 0) is 25.1 Å². The number of para-hydroxylation sites is 1. The molecular weight excluding hydrogens is 228 g/mol. The molecule has 0 spiro atoms. The number of hydrogen-bond acceptors (Lipinski definition) is 4. The predicted octanol–water partition coefficient (Wildman–Crippen LogP) is 2.16. The van der Waals surface area contributed by atoms with Crippen LogP contribution < -0.4 is 10.6 Å². The Morgan fingerprint density at radius 1 is 1.17 bits per heavy atom. The highest BCUT2D eigenvalue weighted by molar-refractivity contribution is 6.07. The van der Waals surface area contributed by atoms with E-state index in [9.17, 15) is 4.79 Å². The van der Waals surface area contributed by atoms with Crippen LogP contribution in [0.3, 0.4) is 0 Å². The highest BCUT2D eigenvalue weighted by Crippen LogP contribution is 2.15. The molecule has 0 saturated carbocycles. The monoisotopic (exact) mass is 242 g/mol. The van der Waals surface area contributed by atoms with E-state index >= 15 is 0 Å². The number of anilines is 2. The SMILES string of the molecule is CCNc1ccccc1C(=O)Nc1ncccn1. The maximum atomic E-state index is 12.1. The molecule has 0 unspecified atom stereocenters. The van der Waals surface area contributed by atoms with Crippen LogP contribution in [0.15, 0.2) is 42.7 Å². The first kappa shape index (κ1) is 12.0. The first-order valence-electron chi connectivity index (χ1n) is 5.72. The maximum Gasteiger partial charge on any atom is 0.260 e. The topological polar surface area (TPSA) is 66.9 Å². The number of carbonyl (C=O) groups excluding carboxylic acids is 1. The Labute approximate surface area is 105 Å². The molecule has 18 heavy (non-hydrogen) atoms. The molecule has 1 heterocycles. The van der Waals surface area contributed by atoms with Crippen molar-refractivity contribution in [3.05, 3.63) is 48.3 Å². The van der Waals surface area contributed by atoms with Gasteiger partial charge in [-0.3, -0.25) is 10.1 Å². The number of carbonyl (C=O) groups is 1. The Hall–Kier alpha value is -2.43. The minimum Gasteiger partial charge on any atom is -0.385 e. The number of aromatic nitrogens is 2. The summed E-state index contributed by atoms with van der Waals surface area (Å²) in [6.45, 7) is 2.74. The minimum atomic E-state index is -0.224. The van der Waals surface area contributed by atoms with Gasteiger partial charge in [-0.2, -0.15) is 0 Å². The van der Waals surface area contributed by atoms with E-state index in [1.54, 1.807) is 24.5 Å². The zero-order valence-electron chi connectivity index (χ0n) is 10.1. The fourth-order valence-corrected chi connectivity index (χ4v) is 1.56. The Balaban J connectivity index is 2.19. The molecule has 0 saturated heterocycles. The first-order chi connectivity index (χ1) is 8.81. The fourth-order valence-electron chi connectivity index (χ4n) is 1.56. The van der Waals surface area contributed by atoms with Crippen LogP contribution >= 0.6 is 0 Å². The molecule has 0 aliphatic heterocycles. The lowest BCUT2D eigenvalue weighted by Gasteiger charge is -2.09. The van der Waals surface area contributed by atoms with E-state index in [4.69, 9.17) is 0 Å². The van der Waals surface area contributed by atoms with Crippen molar-refractivity contribution in [1.82, 2.24) is 9.97 Å². The van der Waals surface area contributed by atoms with Gasteiger partial charge in [-0.25, -0.2) is 9.97 Å². The third kappa shape index (κ3) is 2.82. The highest BCUT2D eigenvalue weighted by Gasteiger charge is 2.11. The Kier molecular flexibility index (Phi) is 3.86. The predicted molar refractivity (Wildman–Crippen MR) is 70.6 cm³/mol. The van der Waals surface area contributed by atoms with Crippen LogP contribution in [0.1, 0.15) is 17.3 Å². The number of nitrogens with one attached hydrogen (secondary N) is 2. The van der Waals surface area contributed by atoms with E-state index in [0.717, 1.165) is 12.2 Å². The zero-order chi connectivity index (χ0) is 12.8. The van der Waals surface area contributed by atoms with Gasteiger partial charge in [0, 0.05) is 24.6 Å². The molecule has 5 heteroatoms. The molecule has 5 nitrogen and oxygen atoms in total. The van der Waals surface area contributed by atoms with Crippen LogP contribution in [-0.4, -0.2) is 22.4 Å². The van der Waals surface area contributed by atoms with Crippen LogP contribution in [0.2, 0.25) is 0 Å². The van der Waals surface area contributed by atoms with Crippen LogP contribution in [0.5, 0.6) is 0 Å². The largest absolute Gasteiger partial charge is 0.385 e. The first-order valence-corrected chi connectivity index (χ1v) is 5.72. The lowest BCUT2D eigenvalue weighted by atomic mass is 10.1. The van der Waals surface area contributed by atoms with Gasteiger partial charge in [0.15, 0.2) is 0 Å². The lowest BCUT2D eigenvalue weighted by Crippen LogP contribution is -2.16. The van der Waals surface area contributed by atoms with Gasteiger partial charge in [-0.15, -0.1) is 0 Å². The summed E-state index contributed by atoms with van der Waals surface area (Å²) in [5.74, 6) is 0.0755. The van der Waals surface area contributed by atoms with Gasteiger partial charge in [0.2, 0.25) is 5.95 Å². The van der Waals surface area contributed by atoms with Crippen molar-refractivity contribution in [2.45, 2.75) is 6.92 Å². The maximum absolute atomic E-state index is 12.1. The molecule has 1 amide bonds. The average molecular weight is 242 g/mol. The van der Waals surface area contributed by atoms with Crippen LogP contribution in [0.4, 0.5) is 11.6 Å². The third-order valence-corrected chi connectivity index (χ3v) is 2.33. The minimum absolute atomic E-state index is 0.224. The molecule has 92 valence electrons. The molecule has 1 aromatic carbocycles. The molecule has 0 bridgehead atoms. The molecule has 0 atom stereocenters. The second kappa shape index (κ2) is 5.77. The summed E-state index contributed by atoms with van der Waals surface area (Å²) >= 11 is 0. The quantitative estimate of drug-likeness (QED) is 0.862. The van der Waals surface area contributed by atoms with Gasteiger partial charge in [0.25, 0.3) is 5.91 Å². The second-order valence-corrected chi connectivity index (χ2v) is 3.60. The van der Waals surface area contributed by atoms with Crippen molar-refractivity contribution in [2.24, 2.45) is 0 Å². The number of benzene rings is 1. The molecule has 2 rings (SSSR count). The van der Waals surface area contributed by atoms with Gasteiger partial charge >= 0.3 is 0 Å². The summed E-state index contributed by atoms with van der Waals surface area (Å²) in [6, 6.07) is 9.03. The van der Waals surface area contributed by atoms with Gasteiger partial charge in [0.05, 0.1) is 5.56 Å². The van der Waals surface area contributed by atoms with Crippen LogP contribution in [0.25, 0.3) is 0 Å². The molecule has 0 aliphatic carbocycles. The summed E-state index contributed by atoms with van der Waals surface area (Å²) in [4.78, 5) is 20.0. The van der Waals surface area contributed by atoms with Crippen molar-refractivity contribution in [2.75, 3.05) is 17.2 Å². The average Bonchev–Trinajstić information content (AvgIpc) is 2.41. The standard InChI is InChI=1S/C13H14N4O/c1-2-14-11-7-4-3-6-10(11)12(18)17-13-15-8-5-9-16-13/h3-9,14H,2H2,1H3,(H,15,16,17,18). The Bertz CT molecular complexity index is 528. The summed E-state index contributed by atoms with van der Waals surface area (Å²) < 4.78 is 0. The van der Waals surface area contributed by atoms with E-state index in [-0.39, 0.29) is 5.91 Å². The van der Waals surface area contributed by atoms with Crippen LogP contribution in [0, 0.1) is 0 Å². The smallest absolute Gasteiger partial charge is 0.260 e. The third-order valence-electron chi connectivity index (χ3n) is 2.33. The molecule has 0 fully saturated rings. The van der Waals surface area contributed by atoms with Gasteiger partial charge in [-0.1, -0.05) is 12.1 Å². The summed E-state index contributed by atoms with van der Waals surface area (Å²) in [7, 11) is 0. The van der Waals surface area contributed by atoms with E-state index < -0.39 is 0 Å². The summed E-state index contributed by atoms with van der Waals surface area (Å²) in [5.41, 5.74) is 1.38. The van der Waals surface area contributed by atoms with Crippen molar-refractivity contribution in [3.63, 3.8) is 0 Å². The lowest BCUT2D eigenvalue weighted by molar-refractivity contribution is 0.102. The molecular formula is C13H14N4O. The van der Waals surface area contributed by atoms with Crippen molar-refractivity contribution < 1.29 is 4.79 Å². The summed E-state index contributed by atoms with van der Waals surface area (Å²) in [5, 5.41) is 5.80. The van der Waals surface area contributed by atoms with E-state index in [0.29, 0.717) is 11.5 Å². The van der Waals surface area contributed by atoms with E-state index in [1.165, 1.54) is 0 Å². The number of amides is 1. The van der Waals surface area contributed by atoms with Crippen molar-refractivity contribution >= 4 is 17.5 Å². The molecule has 0 radical (unpaired) electrons. The Morgan fingerprint density at radius 2 is 1.89 bits per heavy atom. The normalized spacial score (nSPS) is 9.83. The van der Waals surface area contributed by atoms with E-state index in [1.807, 2.05) is 25.1 Å². The highest BCUT2D eigenvalue weighted by atomic mass is 16.1. The number of hydrogen-bond donors (Lipinski definition) is 2. The molecule has 0 aliphatic rings. The second-order valence-electron chi connectivity index (χ2n) is 3.60. The summed E-state index contributed by atoms with van der Waals surface area (Å²) in [6.07, 6.45) is 3.16. The van der Waals surface area contributed by atoms with Crippen molar-refractivity contribution in [3.8, 4) is 0 Å². The molecule has 1 aromatic heterocycles. The van der Waals surface area contributed by atoms with Gasteiger partial charge in [0.1, 0.15) is 0 Å². The molecule has 2 N–H and O–H groups in total. The van der Waals surface area contributed by atoms with E-state index in [2.05, 4.69) is 20.6 Å².